The molecule has 0 radical (unpaired) electrons. The summed E-state index contributed by atoms with van der Waals surface area (Å²) in [6.07, 6.45) is 2.83. The van der Waals surface area contributed by atoms with Crippen molar-refractivity contribution < 1.29 is 23.1 Å². The first-order valence-electron chi connectivity index (χ1n) is 6.87. The van der Waals surface area contributed by atoms with Crippen LogP contribution in [0.15, 0.2) is 47.4 Å². The zero-order chi connectivity index (χ0) is 17.5. The average Bonchev–Trinajstić information content (AvgIpc) is 2.45. The van der Waals surface area contributed by atoms with Crippen LogP contribution >= 0.6 is 0 Å². The number of nitrogens with one attached hydrogen (secondary N) is 1. The molecule has 1 amide bonds. The minimum absolute atomic E-state index is 0.0680. The number of amides is 1. The first kappa shape index (κ1) is 18.6. The predicted octanol–water partition coefficient (Wildman–Crippen LogP) is 2.16. The second-order valence-corrected chi connectivity index (χ2v) is 6.70. The molecule has 0 spiro atoms. The molecule has 0 aliphatic rings. The Balaban J connectivity index is 2.82. The van der Waals surface area contributed by atoms with Crippen LogP contribution in [0.3, 0.4) is 0 Å². The first-order valence-corrected chi connectivity index (χ1v) is 8.42. The Morgan fingerprint density at radius 2 is 1.83 bits per heavy atom. The largest absolute Gasteiger partial charge is 0.481 e. The number of hydrogen-bond donors (Lipinski definition) is 2. The van der Waals surface area contributed by atoms with E-state index < -0.39 is 27.8 Å². The molecule has 0 aliphatic heterocycles. The number of carbonyl (C=O) groups is 2. The van der Waals surface area contributed by atoms with Gasteiger partial charge in [0.15, 0.2) is 0 Å². The molecule has 0 aromatic heterocycles. The molecule has 1 unspecified atom stereocenters. The maximum absolute atomic E-state index is 11.9. The van der Waals surface area contributed by atoms with E-state index in [-0.39, 0.29) is 6.42 Å². The highest BCUT2D eigenvalue weighted by atomic mass is 32.2. The minimum Gasteiger partial charge on any atom is -0.481 e. The second kappa shape index (κ2) is 8.28. The fourth-order valence-corrected chi connectivity index (χ4v) is 2.48. The minimum atomic E-state index is -4.06. The summed E-state index contributed by atoms with van der Waals surface area (Å²) in [6.45, 7) is 3.52. The van der Waals surface area contributed by atoms with Gasteiger partial charge in [-0.25, -0.2) is 13.1 Å². The number of aliphatic carboxylic acids is 1. The molecule has 124 valence electrons. The summed E-state index contributed by atoms with van der Waals surface area (Å²) < 4.78 is 25.5. The third-order valence-electron chi connectivity index (χ3n) is 2.86. The molecule has 2 N–H and O–H groups in total. The van der Waals surface area contributed by atoms with E-state index >= 15 is 0 Å². The number of benzene rings is 1. The van der Waals surface area contributed by atoms with E-state index in [1.54, 1.807) is 55.0 Å². The van der Waals surface area contributed by atoms with E-state index in [0.29, 0.717) is 5.56 Å². The molecular weight excluding hydrogens is 318 g/mol. The van der Waals surface area contributed by atoms with Gasteiger partial charge in [0.25, 0.3) is 10.0 Å². The van der Waals surface area contributed by atoms with Crippen molar-refractivity contribution in [3.05, 3.63) is 53.0 Å². The van der Waals surface area contributed by atoms with E-state index in [0.717, 1.165) is 11.0 Å². The van der Waals surface area contributed by atoms with Crippen molar-refractivity contribution in [2.45, 2.75) is 20.3 Å². The molecule has 7 heteroatoms. The Morgan fingerprint density at radius 1 is 1.22 bits per heavy atom. The van der Waals surface area contributed by atoms with Crippen LogP contribution in [0, 0.1) is 5.92 Å². The Labute approximate surface area is 135 Å². The third-order valence-corrected chi connectivity index (χ3v) is 3.84. The lowest BCUT2D eigenvalue weighted by Crippen LogP contribution is -2.38. The number of carbonyl (C=O) groups excluding carboxylic acids is 1. The van der Waals surface area contributed by atoms with Gasteiger partial charge in [0.05, 0.1) is 5.41 Å². The Morgan fingerprint density at radius 3 is 2.35 bits per heavy atom. The highest BCUT2D eigenvalue weighted by molar-refractivity contribution is 7.93. The monoisotopic (exact) mass is 337 g/mol. The highest BCUT2D eigenvalue weighted by Crippen LogP contribution is 2.09. The van der Waals surface area contributed by atoms with Crippen LogP contribution in [0.2, 0.25) is 0 Å². The van der Waals surface area contributed by atoms with Crippen LogP contribution in [0.5, 0.6) is 0 Å². The topological polar surface area (TPSA) is 101 Å². The van der Waals surface area contributed by atoms with Crippen LogP contribution in [0.25, 0.3) is 6.08 Å². The lowest BCUT2D eigenvalue weighted by Gasteiger charge is -2.10. The lowest BCUT2D eigenvalue weighted by atomic mass is 10.0. The second-order valence-electron chi connectivity index (χ2n) is 5.13. The molecule has 0 heterocycles. The van der Waals surface area contributed by atoms with Gasteiger partial charge < -0.3 is 5.11 Å². The molecule has 0 aliphatic carbocycles. The quantitative estimate of drug-likeness (QED) is 0.586. The normalized spacial score (nSPS) is 12.6. The van der Waals surface area contributed by atoms with Crippen molar-refractivity contribution in [2.24, 2.45) is 5.92 Å². The number of carboxylic acid groups (broad SMARTS) is 1. The predicted molar refractivity (Wildman–Crippen MR) is 87.7 cm³/mol. The third kappa shape index (κ3) is 6.92. The fourth-order valence-electron chi connectivity index (χ4n) is 1.65. The highest BCUT2D eigenvalue weighted by Gasteiger charge is 2.27. The number of sulfonamides is 1. The van der Waals surface area contributed by atoms with Crippen LogP contribution in [0.4, 0.5) is 0 Å². The van der Waals surface area contributed by atoms with Gasteiger partial charge >= 0.3 is 5.97 Å². The molecule has 0 saturated carbocycles. The van der Waals surface area contributed by atoms with Gasteiger partial charge in [0.2, 0.25) is 5.91 Å². The molecule has 0 saturated heterocycles. The molecule has 1 rings (SSSR count). The summed E-state index contributed by atoms with van der Waals surface area (Å²) in [5.41, 5.74) is 1.49. The van der Waals surface area contributed by atoms with Gasteiger partial charge in [0.1, 0.15) is 5.92 Å². The molecule has 1 aromatic rings. The summed E-state index contributed by atoms with van der Waals surface area (Å²) in [5, 5.41) is 9.89. The summed E-state index contributed by atoms with van der Waals surface area (Å²) in [6, 6.07) is 8.66. The smallest absolute Gasteiger partial charge is 0.316 e. The molecule has 0 bridgehead atoms. The van der Waals surface area contributed by atoms with Gasteiger partial charge in [-0.15, -0.1) is 0 Å². The van der Waals surface area contributed by atoms with Crippen molar-refractivity contribution in [1.29, 1.82) is 0 Å². The standard InChI is InChI=1S/C16H19NO5S/c1-12(2)8-9-14(16(19)20)15(18)17-23(21,22)11-10-13-6-4-3-5-7-13/h3-8,10-11,14H,9H2,1-2H3,(H,17,18)(H,19,20)/b11-10+. The van der Waals surface area contributed by atoms with Crippen LogP contribution in [0.1, 0.15) is 25.8 Å². The van der Waals surface area contributed by atoms with E-state index in [1.165, 1.54) is 6.08 Å². The van der Waals surface area contributed by atoms with Crippen molar-refractivity contribution in [3.8, 4) is 0 Å². The van der Waals surface area contributed by atoms with Gasteiger partial charge in [-0.2, -0.15) is 0 Å². The van der Waals surface area contributed by atoms with E-state index in [9.17, 15) is 18.0 Å². The number of allylic oxidation sites excluding steroid dienone is 2. The average molecular weight is 337 g/mol. The first-order chi connectivity index (χ1) is 10.7. The van der Waals surface area contributed by atoms with Crippen molar-refractivity contribution >= 4 is 28.0 Å². The number of rotatable bonds is 7. The zero-order valence-corrected chi connectivity index (χ0v) is 13.7. The van der Waals surface area contributed by atoms with E-state index in [4.69, 9.17) is 5.11 Å². The molecule has 6 nitrogen and oxygen atoms in total. The Hall–Kier alpha value is -2.41. The maximum atomic E-state index is 11.9. The Kier molecular flexibility index (Phi) is 6.71. The lowest BCUT2D eigenvalue weighted by molar-refractivity contribution is -0.146. The van der Waals surface area contributed by atoms with E-state index in [2.05, 4.69) is 0 Å². The van der Waals surface area contributed by atoms with Crippen molar-refractivity contribution in [3.63, 3.8) is 0 Å². The zero-order valence-electron chi connectivity index (χ0n) is 12.9. The van der Waals surface area contributed by atoms with Crippen LogP contribution in [-0.4, -0.2) is 25.4 Å². The summed E-state index contributed by atoms with van der Waals surface area (Å²) in [7, 11) is -4.06. The van der Waals surface area contributed by atoms with Crippen LogP contribution in [-0.2, 0) is 19.6 Å². The molecule has 23 heavy (non-hydrogen) atoms. The number of carboxylic acids is 1. The maximum Gasteiger partial charge on any atom is 0.316 e. The van der Waals surface area contributed by atoms with Gasteiger partial charge in [-0.05, 0) is 31.9 Å². The summed E-state index contributed by atoms with van der Waals surface area (Å²) in [5.74, 6) is -3.89. The molecule has 0 fully saturated rings. The van der Waals surface area contributed by atoms with Crippen molar-refractivity contribution in [2.75, 3.05) is 0 Å². The Bertz CT molecular complexity index is 716. The number of hydrogen-bond acceptors (Lipinski definition) is 4. The van der Waals surface area contributed by atoms with Gasteiger partial charge in [-0.3, -0.25) is 9.59 Å². The van der Waals surface area contributed by atoms with E-state index in [1.807, 2.05) is 0 Å². The molecule has 1 atom stereocenters. The van der Waals surface area contributed by atoms with Gasteiger partial charge in [0, 0.05) is 0 Å². The summed E-state index contributed by atoms with van der Waals surface area (Å²) >= 11 is 0. The summed E-state index contributed by atoms with van der Waals surface area (Å²) in [4.78, 5) is 23.0. The van der Waals surface area contributed by atoms with Crippen molar-refractivity contribution in [1.82, 2.24) is 4.72 Å². The van der Waals surface area contributed by atoms with Gasteiger partial charge in [-0.1, -0.05) is 42.0 Å². The molecule has 1 aromatic carbocycles. The van der Waals surface area contributed by atoms with Crippen LogP contribution < -0.4 is 4.72 Å². The fraction of sp³-hybridized carbons (Fsp3) is 0.250. The SMILES string of the molecule is CC(C)=CCC(C(=O)O)C(=O)NS(=O)(=O)/C=C/c1ccccc1. The molecular formula is C16H19NO5S.